The van der Waals surface area contributed by atoms with Crippen molar-refractivity contribution in [3.63, 3.8) is 0 Å². The minimum Gasteiger partial charge on any atom is -0.485 e. The van der Waals surface area contributed by atoms with Gasteiger partial charge in [0, 0.05) is 0 Å². The average molecular weight is 383 g/mol. The van der Waals surface area contributed by atoms with E-state index in [-0.39, 0.29) is 18.6 Å². The van der Waals surface area contributed by atoms with Crippen LogP contribution in [0.3, 0.4) is 0 Å². The smallest absolute Gasteiger partial charge is 0.265 e. The van der Waals surface area contributed by atoms with E-state index in [0.29, 0.717) is 11.5 Å². The lowest BCUT2D eigenvalue weighted by Crippen LogP contribution is -2.45. The first-order chi connectivity index (χ1) is 13.2. The van der Waals surface area contributed by atoms with Crippen molar-refractivity contribution in [2.75, 3.05) is 18.6 Å². The van der Waals surface area contributed by atoms with Crippen LogP contribution in [0, 0.1) is 0 Å². The third-order valence-corrected chi connectivity index (χ3v) is 5.11. The number of ether oxygens (including phenoxy) is 2. The van der Waals surface area contributed by atoms with Crippen LogP contribution in [0.15, 0.2) is 48.5 Å². The van der Waals surface area contributed by atoms with E-state index < -0.39 is 6.10 Å². The van der Waals surface area contributed by atoms with Gasteiger partial charge in [-0.3, -0.25) is 4.79 Å². The van der Waals surface area contributed by atoms with Gasteiger partial charge >= 0.3 is 0 Å². The van der Waals surface area contributed by atoms with Crippen molar-refractivity contribution in [1.82, 2.24) is 15.3 Å². The normalized spacial score (nSPS) is 16.9. The molecule has 0 bridgehead atoms. The highest BCUT2D eigenvalue weighted by atomic mass is 32.2. The molecule has 6 nitrogen and oxygen atoms in total. The monoisotopic (exact) mass is 383 g/mol. The van der Waals surface area contributed by atoms with E-state index in [2.05, 4.69) is 15.3 Å². The predicted molar refractivity (Wildman–Crippen MR) is 106 cm³/mol. The molecule has 140 valence electrons. The van der Waals surface area contributed by atoms with Crippen molar-refractivity contribution in [3.05, 3.63) is 54.4 Å². The van der Waals surface area contributed by atoms with Gasteiger partial charge in [-0.05, 0) is 42.7 Å². The van der Waals surface area contributed by atoms with Gasteiger partial charge in [0.15, 0.2) is 11.5 Å². The average Bonchev–Trinajstić information content (AvgIpc) is 3.14. The number of aromatic amines is 1. The number of nitrogens with one attached hydrogen (secondary N) is 2. The Labute approximate surface area is 161 Å². The van der Waals surface area contributed by atoms with Crippen molar-refractivity contribution in [2.45, 2.75) is 18.6 Å². The van der Waals surface area contributed by atoms with Gasteiger partial charge in [0.05, 0.1) is 17.1 Å². The van der Waals surface area contributed by atoms with E-state index in [0.717, 1.165) is 29.0 Å². The molecular formula is C20H21N3O3S. The highest BCUT2D eigenvalue weighted by Gasteiger charge is 2.29. The first-order valence-electron chi connectivity index (χ1n) is 8.87. The van der Waals surface area contributed by atoms with Crippen LogP contribution in [0.1, 0.15) is 18.3 Å². The standard InChI is InChI=1S/C20H21N3O3S/c1-27-11-10-15(19-21-13-6-2-3-7-14(13)22-19)23-20(24)18-12-25-16-8-4-5-9-17(16)26-18/h2-9,15,18H,10-12H2,1H3,(H,21,22)(H,23,24). The van der Waals surface area contributed by atoms with Crippen molar-refractivity contribution >= 4 is 28.7 Å². The highest BCUT2D eigenvalue weighted by Crippen LogP contribution is 2.31. The number of carbonyl (C=O) groups excluding carboxylic acids is 1. The van der Waals surface area contributed by atoms with Crippen LogP contribution < -0.4 is 14.8 Å². The topological polar surface area (TPSA) is 76.2 Å². The highest BCUT2D eigenvalue weighted by molar-refractivity contribution is 7.98. The second-order valence-electron chi connectivity index (χ2n) is 6.35. The molecule has 1 aliphatic rings. The summed E-state index contributed by atoms with van der Waals surface area (Å²) in [6.07, 6.45) is 2.14. The molecule has 2 N–H and O–H groups in total. The summed E-state index contributed by atoms with van der Waals surface area (Å²) >= 11 is 1.74. The zero-order valence-electron chi connectivity index (χ0n) is 15.0. The molecule has 0 aliphatic carbocycles. The van der Waals surface area contributed by atoms with Crippen LogP contribution in [-0.4, -0.2) is 40.6 Å². The van der Waals surface area contributed by atoms with E-state index in [1.807, 2.05) is 48.7 Å². The number of nitrogens with zero attached hydrogens (tertiary/aromatic N) is 1. The summed E-state index contributed by atoms with van der Waals surface area (Å²) in [5, 5.41) is 3.08. The van der Waals surface area contributed by atoms with Gasteiger partial charge in [0.2, 0.25) is 6.10 Å². The summed E-state index contributed by atoms with van der Waals surface area (Å²) < 4.78 is 11.5. The SMILES string of the molecule is CSCCC(NC(=O)C1COc2ccccc2O1)c1nc2ccccc2[nH]1. The number of aromatic nitrogens is 2. The molecule has 4 rings (SSSR count). The van der Waals surface area contributed by atoms with Gasteiger partial charge in [-0.15, -0.1) is 0 Å². The van der Waals surface area contributed by atoms with Crippen LogP contribution in [0.5, 0.6) is 11.5 Å². The van der Waals surface area contributed by atoms with E-state index in [1.54, 1.807) is 17.8 Å². The molecule has 0 fully saturated rings. The lowest BCUT2D eigenvalue weighted by molar-refractivity contribution is -0.131. The Balaban J connectivity index is 1.50. The maximum Gasteiger partial charge on any atom is 0.265 e. The number of imidazole rings is 1. The number of para-hydroxylation sites is 4. The van der Waals surface area contributed by atoms with Gasteiger partial charge < -0.3 is 19.8 Å². The van der Waals surface area contributed by atoms with E-state index in [1.165, 1.54) is 0 Å². The quantitative estimate of drug-likeness (QED) is 0.683. The van der Waals surface area contributed by atoms with Crippen LogP contribution in [0.25, 0.3) is 11.0 Å². The van der Waals surface area contributed by atoms with Crippen molar-refractivity contribution in [1.29, 1.82) is 0 Å². The molecule has 0 radical (unpaired) electrons. The summed E-state index contributed by atoms with van der Waals surface area (Å²) in [5.74, 6) is 2.73. The third-order valence-electron chi connectivity index (χ3n) is 4.47. The first kappa shape index (κ1) is 17.7. The number of hydrogen-bond acceptors (Lipinski definition) is 5. The molecule has 2 atom stereocenters. The van der Waals surface area contributed by atoms with Crippen molar-refractivity contribution in [2.24, 2.45) is 0 Å². The van der Waals surface area contributed by atoms with Gasteiger partial charge in [0.1, 0.15) is 12.4 Å². The van der Waals surface area contributed by atoms with E-state index in [4.69, 9.17) is 9.47 Å². The maximum absolute atomic E-state index is 12.8. The van der Waals surface area contributed by atoms with Crippen LogP contribution >= 0.6 is 11.8 Å². The molecule has 1 aliphatic heterocycles. The molecule has 2 unspecified atom stereocenters. The minimum atomic E-state index is -0.680. The fourth-order valence-corrected chi connectivity index (χ4v) is 3.54. The second-order valence-corrected chi connectivity index (χ2v) is 7.33. The van der Waals surface area contributed by atoms with Gasteiger partial charge in [-0.1, -0.05) is 24.3 Å². The molecule has 1 amide bonds. The fraction of sp³-hybridized carbons (Fsp3) is 0.300. The predicted octanol–water partition coefficient (Wildman–Crippen LogP) is 3.31. The number of carbonyl (C=O) groups is 1. The lowest BCUT2D eigenvalue weighted by atomic mass is 10.2. The molecule has 3 aromatic rings. The molecule has 0 saturated heterocycles. The van der Waals surface area contributed by atoms with Crippen molar-refractivity contribution < 1.29 is 14.3 Å². The summed E-state index contributed by atoms with van der Waals surface area (Å²) in [6, 6.07) is 15.0. The van der Waals surface area contributed by atoms with Crippen LogP contribution in [0.2, 0.25) is 0 Å². The zero-order chi connectivity index (χ0) is 18.6. The fourth-order valence-electron chi connectivity index (χ4n) is 3.06. The first-order valence-corrected chi connectivity index (χ1v) is 10.3. The van der Waals surface area contributed by atoms with E-state index >= 15 is 0 Å². The third kappa shape index (κ3) is 3.88. The molecular weight excluding hydrogens is 362 g/mol. The minimum absolute atomic E-state index is 0.193. The van der Waals surface area contributed by atoms with E-state index in [9.17, 15) is 4.79 Å². The number of fused-ring (bicyclic) bond motifs is 2. The van der Waals surface area contributed by atoms with Crippen LogP contribution in [-0.2, 0) is 4.79 Å². The Kier molecular flexibility index (Phi) is 5.20. The summed E-state index contributed by atoms with van der Waals surface area (Å²) in [4.78, 5) is 20.8. The van der Waals surface area contributed by atoms with Crippen molar-refractivity contribution in [3.8, 4) is 11.5 Å². The Morgan fingerprint density at radius 2 is 2.04 bits per heavy atom. The zero-order valence-corrected chi connectivity index (χ0v) is 15.8. The maximum atomic E-state index is 12.8. The Morgan fingerprint density at radius 1 is 1.26 bits per heavy atom. The largest absolute Gasteiger partial charge is 0.485 e. The molecule has 2 aromatic carbocycles. The second kappa shape index (κ2) is 7.92. The molecule has 2 heterocycles. The van der Waals surface area contributed by atoms with Gasteiger partial charge in [0.25, 0.3) is 5.91 Å². The van der Waals surface area contributed by atoms with Gasteiger partial charge in [-0.25, -0.2) is 4.98 Å². The molecule has 1 aromatic heterocycles. The number of rotatable bonds is 6. The Morgan fingerprint density at radius 3 is 2.85 bits per heavy atom. The summed E-state index contributed by atoms with van der Waals surface area (Å²) in [5.41, 5.74) is 1.85. The molecule has 7 heteroatoms. The Hall–Kier alpha value is -2.67. The Bertz CT molecular complexity index is 910. The molecule has 0 saturated carbocycles. The number of thioether (sulfide) groups is 1. The number of amides is 1. The van der Waals surface area contributed by atoms with Gasteiger partial charge in [-0.2, -0.15) is 11.8 Å². The summed E-state index contributed by atoms with van der Waals surface area (Å²) in [7, 11) is 0. The molecule has 27 heavy (non-hydrogen) atoms. The number of hydrogen-bond donors (Lipinski definition) is 2. The summed E-state index contributed by atoms with van der Waals surface area (Å²) in [6.45, 7) is 0.193. The number of H-pyrrole nitrogens is 1. The van der Waals surface area contributed by atoms with Crippen LogP contribution in [0.4, 0.5) is 0 Å². The number of benzene rings is 2. The molecule has 0 spiro atoms. The lowest BCUT2D eigenvalue weighted by Gasteiger charge is -2.27.